The van der Waals surface area contributed by atoms with Gasteiger partial charge < -0.3 is 34.8 Å². The fraction of sp³-hybridized carbons (Fsp3) is 0.310. The topological polar surface area (TPSA) is 174 Å². The second-order valence-electron chi connectivity index (χ2n) is 13.2. The van der Waals surface area contributed by atoms with Crippen LogP contribution >= 0.6 is 0 Å². The number of carbonyl (C=O) groups is 3. The summed E-state index contributed by atoms with van der Waals surface area (Å²) in [6.45, 7) is 7.24. The SMILES string of the molecule is CCN(CC)CCN(Cc1ccc(-c2ccc(C(F)(F)F)cc2)cc1)C(=O)Cn1c(CCc2ccc(F)cc2)nc(=O)c2ccccc21.O=C(O)[C@H](O)[C@@H](O)C(=O)O. The Hall–Kier alpha value is -5.97. The van der Waals surface area contributed by atoms with E-state index in [1.807, 2.05) is 36.4 Å². The van der Waals surface area contributed by atoms with Crippen molar-refractivity contribution in [3.05, 3.63) is 136 Å². The minimum absolute atomic E-state index is 0.0333. The van der Waals surface area contributed by atoms with E-state index in [1.54, 1.807) is 33.7 Å². The minimum Gasteiger partial charge on any atom is -0.479 e. The molecule has 0 aliphatic heterocycles. The maximum absolute atomic E-state index is 14.1. The van der Waals surface area contributed by atoms with E-state index in [-0.39, 0.29) is 23.8 Å². The van der Waals surface area contributed by atoms with Crippen LogP contribution in [0.25, 0.3) is 22.0 Å². The first-order chi connectivity index (χ1) is 27.5. The number of alkyl halides is 3. The van der Waals surface area contributed by atoms with E-state index < -0.39 is 35.9 Å². The van der Waals surface area contributed by atoms with Crippen LogP contribution in [0.4, 0.5) is 17.6 Å². The number of aryl methyl sites for hydroxylation is 2. The molecule has 1 aromatic heterocycles. The summed E-state index contributed by atoms with van der Waals surface area (Å²) in [6.07, 6.45) is -8.04. The molecule has 0 spiro atoms. The third kappa shape index (κ3) is 12.3. The average Bonchev–Trinajstić information content (AvgIpc) is 3.21. The van der Waals surface area contributed by atoms with Gasteiger partial charge in [0, 0.05) is 26.1 Å². The molecule has 1 heterocycles. The van der Waals surface area contributed by atoms with Crippen molar-refractivity contribution in [2.75, 3.05) is 26.2 Å². The molecule has 5 aromatic rings. The van der Waals surface area contributed by atoms with Gasteiger partial charge in [-0.25, -0.2) is 14.0 Å². The molecule has 4 N–H and O–H groups in total. The zero-order valence-corrected chi connectivity index (χ0v) is 31.8. The number of benzene rings is 4. The van der Waals surface area contributed by atoms with Crippen LogP contribution in [0.15, 0.2) is 102 Å². The predicted molar refractivity (Wildman–Crippen MR) is 207 cm³/mol. The third-order valence-corrected chi connectivity index (χ3v) is 9.42. The highest BCUT2D eigenvalue weighted by Crippen LogP contribution is 2.31. The Kier molecular flexibility index (Phi) is 15.8. The Morgan fingerprint density at radius 1 is 0.741 bits per heavy atom. The zero-order chi connectivity index (χ0) is 42.6. The lowest BCUT2D eigenvalue weighted by Gasteiger charge is -2.28. The largest absolute Gasteiger partial charge is 0.479 e. The van der Waals surface area contributed by atoms with Gasteiger partial charge in [0.05, 0.1) is 16.5 Å². The lowest BCUT2D eigenvalue weighted by Crippen LogP contribution is -2.40. The van der Waals surface area contributed by atoms with E-state index >= 15 is 0 Å². The van der Waals surface area contributed by atoms with Gasteiger partial charge in [0.25, 0.3) is 5.56 Å². The van der Waals surface area contributed by atoms with Crippen molar-refractivity contribution in [1.82, 2.24) is 19.4 Å². The molecule has 0 bridgehead atoms. The molecular formula is C42H44F4N4O8. The molecule has 5 rings (SSSR count). The smallest absolute Gasteiger partial charge is 0.416 e. The van der Waals surface area contributed by atoms with Crippen LogP contribution in [0.3, 0.4) is 0 Å². The number of aromatic nitrogens is 2. The summed E-state index contributed by atoms with van der Waals surface area (Å²) in [4.78, 5) is 55.1. The molecule has 2 atom stereocenters. The van der Waals surface area contributed by atoms with E-state index in [4.69, 9.17) is 20.4 Å². The molecule has 0 unspecified atom stereocenters. The van der Waals surface area contributed by atoms with Gasteiger partial charge in [0.1, 0.15) is 18.2 Å². The van der Waals surface area contributed by atoms with Crippen LogP contribution in [-0.2, 0) is 46.5 Å². The van der Waals surface area contributed by atoms with Gasteiger partial charge in [-0.1, -0.05) is 74.5 Å². The maximum Gasteiger partial charge on any atom is 0.416 e. The number of hydrogen-bond donors (Lipinski definition) is 4. The Bertz CT molecular complexity index is 2190. The van der Waals surface area contributed by atoms with Crippen molar-refractivity contribution in [2.45, 2.75) is 58.2 Å². The predicted octanol–water partition coefficient (Wildman–Crippen LogP) is 5.25. The normalized spacial score (nSPS) is 12.4. The summed E-state index contributed by atoms with van der Waals surface area (Å²) in [7, 11) is 0. The number of nitrogens with zero attached hydrogens (tertiary/aromatic N) is 4. The Morgan fingerprint density at radius 3 is 1.81 bits per heavy atom. The number of aliphatic carboxylic acids is 2. The third-order valence-electron chi connectivity index (χ3n) is 9.42. The van der Waals surface area contributed by atoms with E-state index in [1.165, 1.54) is 24.3 Å². The van der Waals surface area contributed by atoms with E-state index in [9.17, 15) is 36.7 Å². The zero-order valence-electron chi connectivity index (χ0n) is 31.8. The van der Waals surface area contributed by atoms with Crippen LogP contribution < -0.4 is 5.56 Å². The van der Waals surface area contributed by atoms with Crippen molar-refractivity contribution < 1.29 is 52.4 Å². The summed E-state index contributed by atoms with van der Waals surface area (Å²) >= 11 is 0. The van der Waals surface area contributed by atoms with Gasteiger partial charge in [-0.2, -0.15) is 18.2 Å². The number of aliphatic hydroxyl groups excluding tert-OH is 2. The first-order valence-corrected chi connectivity index (χ1v) is 18.3. The number of amides is 1. The molecule has 308 valence electrons. The van der Waals surface area contributed by atoms with Crippen LogP contribution in [0.1, 0.15) is 36.4 Å². The van der Waals surface area contributed by atoms with Crippen LogP contribution in [0.2, 0.25) is 0 Å². The molecule has 1 amide bonds. The lowest BCUT2D eigenvalue weighted by molar-refractivity contribution is -0.165. The fourth-order valence-electron chi connectivity index (χ4n) is 6.02. The van der Waals surface area contributed by atoms with Crippen LogP contribution in [0, 0.1) is 5.82 Å². The van der Waals surface area contributed by atoms with Crippen molar-refractivity contribution in [2.24, 2.45) is 0 Å². The molecule has 58 heavy (non-hydrogen) atoms. The number of fused-ring (bicyclic) bond motifs is 1. The minimum atomic E-state index is -4.40. The van der Waals surface area contributed by atoms with Crippen LogP contribution in [0.5, 0.6) is 0 Å². The van der Waals surface area contributed by atoms with Crippen molar-refractivity contribution in [1.29, 1.82) is 0 Å². The monoisotopic (exact) mass is 808 g/mol. The molecule has 4 aromatic carbocycles. The van der Waals surface area contributed by atoms with Gasteiger partial charge >= 0.3 is 18.1 Å². The molecule has 0 saturated heterocycles. The summed E-state index contributed by atoms with van der Waals surface area (Å²) in [5.41, 5.74) is 2.74. The van der Waals surface area contributed by atoms with Gasteiger partial charge in [-0.15, -0.1) is 0 Å². The molecule has 0 radical (unpaired) electrons. The number of carboxylic acid groups (broad SMARTS) is 2. The van der Waals surface area contributed by atoms with Crippen molar-refractivity contribution in [3.8, 4) is 11.1 Å². The lowest BCUT2D eigenvalue weighted by atomic mass is 10.0. The highest BCUT2D eigenvalue weighted by atomic mass is 19.4. The first-order valence-electron chi connectivity index (χ1n) is 18.3. The molecule has 16 heteroatoms. The first kappa shape index (κ1) is 44.7. The van der Waals surface area contributed by atoms with Gasteiger partial charge in [-0.3, -0.25) is 9.59 Å². The van der Waals surface area contributed by atoms with Gasteiger partial charge in [0.15, 0.2) is 12.2 Å². The number of para-hydroxylation sites is 1. The van der Waals surface area contributed by atoms with Gasteiger partial charge in [0.2, 0.25) is 5.91 Å². The number of rotatable bonds is 16. The van der Waals surface area contributed by atoms with E-state index in [0.717, 1.165) is 41.9 Å². The number of carboxylic acids is 2. The quantitative estimate of drug-likeness (QED) is 0.0965. The second kappa shape index (κ2) is 20.5. The number of carbonyl (C=O) groups excluding carboxylic acids is 1. The van der Waals surface area contributed by atoms with E-state index in [0.29, 0.717) is 54.8 Å². The fourth-order valence-corrected chi connectivity index (χ4v) is 6.02. The number of aliphatic hydroxyl groups is 2. The number of halogens is 4. The highest BCUT2D eigenvalue weighted by Gasteiger charge is 2.30. The summed E-state index contributed by atoms with van der Waals surface area (Å²) in [5, 5.41) is 32.9. The molecule has 0 saturated carbocycles. The van der Waals surface area contributed by atoms with Crippen molar-refractivity contribution >= 4 is 28.7 Å². The summed E-state index contributed by atoms with van der Waals surface area (Å²) < 4.78 is 54.4. The maximum atomic E-state index is 14.1. The Morgan fingerprint density at radius 2 is 1.28 bits per heavy atom. The van der Waals surface area contributed by atoms with Crippen LogP contribution in [-0.4, -0.2) is 96.0 Å². The molecule has 0 aliphatic carbocycles. The second-order valence-corrected chi connectivity index (χ2v) is 13.2. The van der Waals surface area contributed by atoms with Gasteiger partial charge in [-0.05, 0) is 78.2 Å². The number of hydrogen-bond acceptors (Lipinski definition) is 8. The summed E-state index contributed by atoms with van der Waals surface area (Å²) in [5.74, 6) is -3.54. The van der Waals surface area contributed by atoms with Crippen molar-refractivity contribution in [3.63, 3.8) is 0 Å². The van der Waals surface area contributed by atoms with E-state index in [2.05, 4.69) is 23.7 Å². The highest BCUT2D eigenvalue weighted by molar-refractivity contribution is 5.83. The molecular weight excluding hydrogens is 764 g/mol. The molecule has 0 fully saturated rings. The standard InChI is InChI=1S/C38H38F4N4O2.C4H6O6/c1-3-44(4-2)23-24-45(25-28-9-14-29(15-10-28)30-16-18-31(19-17-30)38(40,41)42)36(47)26-46-34-8-6-5-7-33(34)37(48)43-35(46)22-13-27-11-20-32(39)21-12-27;5-1(3(7)8)2(6)4(9)10/h5-12,14-21H,3-4,13,22-26H2,1-2H3;1-2,5-6H,(H,7,8)(H,9,10)/t;1-,2-/m.1/s1. The Balaban J connectivity index is 0.000000657. The summed E-state index contributed by atoms with van der Waals surface area (Å²) in [6, 6.07) is 25.8. The molecule has 0 aliphatic rings. The average molecular weight is 809 g/mol. The number of likely N-dealkylation sites (N-methyl/N-ethyl adjacent to an activating group) is 1. The molecule has 12 nitrogen and oxygen atoms in total. The Labute approximate surface area is 331 Å².